The molecule has 1 aromatic carbocycles. The first kappa shape index (κ1) is 17.4. The predicted molar refractivity (Wildman–Crippen MR) is 77.4 cm³/mol. The zero-order chi connectivity index (χ0) is 16.2. The summed E-state index contributed by atoms with van der Waals surface area (Å²) in [7, 11) is -4.03. The number of carboxylic acids is 1. The van der Waals surface area contributed by atoms with E-state index in [0.29, 0.717) is 6.42 Å². The van der Waals surface area contributed by atoms with Gasteiger partial charge in [0.25, 0.3) is 0 Å². The van der Waals surface area contributed by atoms with Crippen LogP contribution in [0.3, 0.4) is 0 Å². The van der Waals surface area contributed by atoms with Crippen molar-refractivity contribution in [1.82, 2.24) is 4.72 Å². The lowest BCUT2D eigenvalue weighted by Gasteiger charge is -2.20. The second-order valence-corrected chi connectivity index (χ2v) is 6.70. The second kappa shape index (κ2) is 6.89. The third kappa shape index (κ3) is 4.17. The van der Waals surface area contributed by atoms with Crippen LogP contribution < -0.4 is 4.72 Å². The molecular weight excluding hydrogens is 316 g/mol. The summed E-state index contributed by atoms with van der Waals surface area (Å²) in [5, 5.41) is 17.9. The summed E-state index contributed by atoms with van der Waals surface area (Å²) in [6.45, 7) is 3.42. The first-order chi connectivity index (χ1) is 9.72. The number of halogens is 1. The molecule has 8 heteroatoms. The smallest absolute Gasteiger partial charge is 0.322 e. The summed E-state index contributed by atoms with van der Waals surface area (Å²) < 4.78 is 26.6. The molecule has 2 N–H and O–H groups in total. The Morgan fingerprint density at radius 2 is 2.14 bits per heavy atom. The van der Waals surface area contributed by atoms with Gasteiger partial charge in [0, 0.05) is 0 Å². The molecule has 0 spiro atoms. The van der Waals surface area contributed by atoms with Gasteiger partial charge >= 0.3 is 5.97 Å². The molecule has 0 amide bonds. The molecule has 0 fully saturated rings. The van der Waals surface area contributed by atoms with E-state index in [1.165, 1.54) is 12.1 Å². The number of hydrogen-bond donors (Lipinski definition) is 2. The van der Waals surface area contributed by atoms with Crippen LogP contribution in [0.1, 0.15) is 25.8 Å². The molecule has 0 heterocycles. The third-order valence-corrected chi connectivity index (χ3v) is 4.88. The molecular formula is C13H15ClN2O4S. The van der Waals surface area contributed by atoms with Crippen molar-refractivity contribution in [3.05, 3.63) is 28.8 Å². The monoisotopic (exact) mass is 330 g/mol. The molecule has 0 bridgehead atoms. The summed E-state index contributed by atoms with van der Waals surface area (Å²) in [5.74, 6) is -1.61. The zero-order valence-corrected chi connectivity index (χ0v) is 13.1. The minimum absolute atomic E-state index is 0.00390. The van der Waals surface area contributed by atoms with Crippen LogP contribution in [0.4, 0.5) is 0 Å². The van der Waals surface area contributed by atoms with E-state index in [9.17, 15) is 13.2 Å². The molecule has 0 aliphatic heterocycles. The van der Waals surface area contributed by atoms with E-state index in [-0.39, 0.29) is 21.4 Å². The van der Waals surface area contributed by atoms with Gasteiger partial charge in [0.2, 0.25) is 10.0 Å². The van der Waals surface area contributed by atoms with E-state index < -0.39 is 22.0 Å². The maximum atomic E-state index is 12.2. The van der Waals surface area contributed by atoms with Crippen LogP contribution in [-0.2, 0) is 14.8 Å². The van der Waals surface area contributed by atoms with Crippen molar-refractivity contribution in [1.29, 1.82) is 5.26 Å². The largest absolute Gasteiger partial charge is 0.480 e. The van der Waals surface area contributed by atoms with Gasteiger partial charge in [-0.1, -0.05) is 31.9 Å². The van der Waals surface area contributed by atoms with Crippen LogP contribution >= 0.6 is 11.6 Å². The predicted octanol–water partition coefficient (Wildman–Crippen LogP) is 1.99. The molecule has 1 aromatic rings. The fourth-order valence-electron chi connectivity index (χ4n) is 1.63. The van der Waals surface area contributed by atoms with Crippen LogP contribution in [0.25, 0.3) is 0 Å². The maximum Gasteiger partial charge on any atom is 0.322 e. The molecule has 21 heavy (non-hydrogen) atoms. The van der Waals surface area contributed by atoms with Gasteiger partial charge in [-0.05, 0) is 24.1 Å². The second-order valence-electron chi connectivity index (χ2n) is 4.58. The van der Waals surface area contributed by atoms with E-state index >= 15 is 0 Å². The standard InChI is InChI=1S/C13H15ClN2O4S/c1-3-8(2)12(13(17)18)16-21(19,20)10-5-4-9(7-15)11(14)6-10/h4-6,8,12,16H,3H2,1-2H3,(H,17,18). The highest BCUT2D eigenvalue weighted by Crippen LogP contribution is 2.21. The van der Waals surface area contributed by atoms with Gasteiger partial charge in [-0.25, -0.2) is 8.42 Å². The average Bonchev–Trinajstić information content (AvgIpc) is 2.43. The lowest BCUT2D eigenvalue weighted by atomic mass is 10.0. The minimum Gasteiger partial charge on any atom is -0.480 e. The molecule has 0 aromatic heterocycles. The van der Waals surface area contributed by atoms with Crippen molar-refractivity contribution in [3.8, 4) is 6.07 Å². The van der Waals surface area contributed by atoms with Gasteiger partial charge in [0.15, 0.2) is 0 Å². The minimum atomic E-state index is -4.03. The lowest BCUT2D eigenvalue weighted by Crippen LogP contribution is -2.44. The fraction of sp³-hybridized carbons (Fsp3) is 0.385. The van der Waals surface area contributed by atoms with Crippen molar-refractivity contribution in [2.75, 3.05) is 0 Å². The van der Waals surface area contributed by atoms with E-state index in [0.717, 1.165) is 6.07 Å². The number of carbonyl (C=O) groups is 1. The number of rotatable bonds is 6. The summed E-state index contributed by atoms with van der Waals surface area (Å²) in [6, 6.07) is 4.20. The number of nitrogens with zero attached hydrogens (tertiary/aromatic N) is 1. The van der Waals surface area contributed by atoms with Crippen molar-refractivity contribution in [2.45, 2.75) is 31.2 Å². The topological polar surface area (TPSA) is 107 Å². The quantitative estimate of drug-likeness (QED) is 0.829. The Hall–Kier alpha value is -1.62. The molecule has 2 atom stereocenters. The molecule has 2 unspecified atom stereocenters. The first-order valence-electron chi connectivity index (χ1n) is 6.17. The number of aliphatic carboxylic acids is 1. The average molecular weight is 331 g/mol. The summed E-state index contributed by atoms with van der Waals surface area (Å²) in [4.78, 5) is 11.0. The summed E-state index contributed by atoms with van der Waals surface area (Å²) >= 11 is 5.79. The van der Waals surface area contributed by atoms with Gasteiger partial charge in [-0.2, -0.15) is 9.98 Å². The summed E-state index contributed by atoms with van der Waals surface area (Å²) in [5.41, 5.74) is 0.146. The van der Waals surface area contributed by atoms with Crippen LogP contribution in [0.2, 0.25) is 5.02 Å². The lowest BCUT2D eigenvalue weighted by molar-refractivity contribution is -0.140. The van der Waals surface area contributed by atoms with E-state index in [1.54, 1.807) is 13.8 Å². The highest BCUT2D eigenvalue weighted by atomic mass is 35.5. The normalized spacial score (nSPS) is 14.2. The molecule has 1 rings (SSSR count). The third-order valence-electron chi connectivity index (χ3n) is 3.13. The van der Waals surface area contributed by atoms with E-state index in [4.69, 9.17) is 22.0 Å². The Kier molecular flexibility index (Phi) is 5.72. The van der Waals surface area contributed by atoms with Crippen molar-refractivity contribution in [2.24, 2.45) is 5.92 Å². The Labute approximate surface area is 128 Å². The van der Waals surface area contributed by atoms with Crippen LogP contribution in [-0.4, -0.2) is 25.5 Å². The highest BCUT2D eigenvalue weighted by Gasteiger charge is 2.29. The Morgan fingerprint density at radius 1 is 1.52 bits per heavy atom. The van der Waals surface area contributed by atoms with Crippen LogP contribution in [0.5, 0.6) is 0 Å². The number of hydrogen-bond acceptors (Lipinski definition) is 4. The molecule has 0 radical (unpaired) electrons. The van der Waals surface area contributed by atoms with Gasteiger partial charge < -0.3 is 5.11 Å². The SMILES string of the molecule is CCC(C)C(NS(=O)(=O)c1ccc(C#N)c(Cl)c1)C(=O)O. The molecule has 114 valence electrons. The van der Waals surface area contributed by atoms with Crippen molar-refractivity contribution in [3.63, 3.8) is 0 Å². The molecule has 0 saturated carbocycles. The van der Waals surface area contributed by atoms with Gasteiger partial charge in [-0.3, -0.25) is 4.79 Å². The molecule has 0 aliphatic carbocycles. The molecule has 0 saturated heterocycles. The number of benzene rings is 1. The van der Waals surface area contributed by atoms with Crippen LogP contribution in [0.15, 0.2) is 23.1 Å². The number of nitrogens with one attached hydrogen (secondary N) is 1. The Balaban J connectivity index is 3.14. The van der Waals surface area contributed by atoms with E-state index in [1.807, 2.05) is 6.07 Å². The van der Waals surface area contributed by atoms with E-state index in [2.05, 4.69) is 4.72 Å². The molecule has 6 nitrogen and oxygen atoms in total. The fourth-order valence-corrected chi connectivity index (χ4v) is 3.25. The summed E-state index contributed by atoms with van der Waals surface area (Å²) in [6.07, 6.45) is 0.508. The highest BCUT2D eigenvalue weighted by molar-refractivity contribution is 7.89. The Morgan fingerprint density at radius 3 is 2.57 bits per heavy atom. The molecule has 0 aliphatic rings. The number of sulfonamides is 1. The number of nitriles is 1. The van der Waals surface area contributed by atoms with Crippen molar-refractivity contribution >= 4 is 27.6 Å². The van der Waals surface area contributed by atoms with Crippen molar-refractivity contribution < 1.29 is 18.3 Å². The van der Waals surface area contributed by atoms with Gasteiger partial charge in [0.1, 0.15) is 12.1 Å². The Bertz CT molecular complexity index is 682. The maximum absolute atomic E-state index is 12.2. The number of carboxylic acid groups (broad SMARTS) is 1. The zero-order valence-electron chi connectivity index (χ0n) is 11.5. The van der Waals surface area contributed by atoms with Gasteiger partial charge in [0.05, 0.1) is 15.5 Å². The van der Waals surface area contributed by atoms with Gasteiger partial charge in [-0.15, -0.1) is 0 Å². The van der Waals surface area contributed by atoms with Crippen LogP contribution in [0, 0.1) is 17.2 Å². The first-order valence-corrected chi connectivity index (χ1v) is 8.03.